The van der Waals surface area contributed by atoms with E-state index in [1.807, 2.05) is 0 Å². The van der Waals surface area contributed by atoms with E-state index in [-0.39, 0.29) is 4.83 Å². The van der Waals surface area contributed by atoms with Gasteiger partial charge in [0.15, 0.2) is 0 Å². The van der Waals surface area contributed by atoms with Crippen LogP contribution in [0.1, 0.15) is 26.7 Å². The number of carbonyl (C=O) groups is 1. The van der Waals surface area contributed by atoms with Crippen molar-refractivity contribution in [1.29, 1.82) is 0 Å². The summed E-state index contributed by atoms with van der Waals surface area (Å²) in [6.45, 7) is 4.28. The molecule has 0 saturated heterocycles. The van der Waals surface area contributed by atoms with Gasteiger partial charge in [0, 0.05) is 6.42 Å². The SMILES string of the molecule is CC1CC(=O)C(Br)C(C)C1. The summed E-state index contributed by atoms with van der Waals surface area (Å²) in [7, 11) is 0. The smallest absolute Gasteiger partial charge is 0.147 e. The molecule has 0 spiro atoms. The van der Waals surface area contributed by atoms with Crippen LogP contribution in [-0.2, 0) is 4.79 Å². The van der Waals surface area contributed by atoms with Crippen LogP contribution in [0.15, 0.2) is 0 Å². The minimum absolute atomic E-state index is 0.128. The minimum Gasteiger partial charge on any atom is -0.298 e. The molecule has 1 aliphatic rings. The highest BCUT2D eigenvalue weighted by molar-refractivity contribution is 9.10. The summed E-state index contributed by atoms with van der Waals surface area (Å²) in [5, 5.41) is 0. The third kappa shape index (κ3) is 1.60. The van der Waals surface area contributed by atoms with Crippen LogP contribution in [0, 0.1) is 11.8 Å². The zero-order valence-electron chi connectivity index (χ0n) is 6.43. The van der Waals surface area contributed by atoms with E-state index in [0.717, 1.165) is 6.42 Å². The monoisotopic (exact) mass is 204 g/mol. The number of rotatable bonds is 0. The van der Waals surface area contributed by atoms with Crippen molar-refractivity contribution >= 4 is 21.7 Å². The summed E-state index contributed by atoms with van der Waals surface area (Å²) in [6.07, 6.45) is 1.95. The molecule has 1 nitrogen and oxygen atoms in total. The van der Waals surface area contributed by atoms with Gasteiger partial charge in [0.2, 0.25) is 0 Å². The third-order valence-corrected chi connectivity index (χ3v) is 3.54. The van der Waals surface area contributed by atoms with Gasteiger partial charge in [0.25, 0.3) is 0 Å². The fraction of sp³-hybridized carbons (Fsp3) is 0.875. The third-order valence-electron chi connectivity index (χ3n) is 2.13. The Morgan fingerprint density at radius 2 is 2.10 bits per heavy atom. The molecule has 1 rings (SSSR count). The van der Waals surface area contributed by atoms with E-state index in [1.54, 1.807) is 0 Å². The average Bonchev–Trinajstić information content (AvgIpc) is 1.82. The molecule has 0 aromatic heterocycles. The lowest BCUT2D eigenvalue weighted by atomic mass is 9.83. The number of carbonyl (C=O) groups excluding carboxylic acids is 1. The van der Waals surface area contributed by atoms with Gasteiger partial charge in [0.05, 0.1) is 4.83 Å². The van der Waals surface area contributed by atoms with Gasteiger partial charge in [-0.1, -0.05) is 29.8 Å². The molecular formula is C8H13BrO. The van der Waals surface area contributed by atoms with Gasteiger partial charge in [-0.3, -0.25) is 4.79 Å². The van der Waals surface area contributed by atoms with Crippen molar-refractivity contribution in [2.75, 3.05) is 0 Å². The molecule has 1 fully saturated rings. The van der Waals surface area contributed by atoms with E-state index >= 15 is 0 Å². The number of alkyl halides is 1. The standard InChI is InChI=1S/C8H13BrO/c1-5-3-6(2)8(9)7(10)4-5/h5-6,8H,3-4H2,1-2H3. The van der Waals surface area contributed by atoms with Crippen molar-refractivity contribution < 1.29 is 4.79 Å². The maximum absolute atomic E-state index is 11.2. The number of halogens is 1. The van der Waals surface area contributed by atoms with E-state index in [0.29, 0.717) is 17.6 Å². The van der Waals surface area contributed by atoms with E-state index in [2.05, 4.69) is 29.8 Å². The van der Waals surface area contributed by atoms with Gasteiger partial charge < -0.3 is 0 Å². The largest absolute Gasteiger partial charge is 0.298 e. The van der Waals surface area contributed by atoms with Crippen molar-refractivity contribution in [3.63, 3.8) is 0 Å². The minimum atomic E-state index is 0.128. The molecule has 0 aromatic rings. The number of Topliss-reactive ketones (excluding diaryl/α,β-unsaturated/α-hetero) is 1. The lowest BCUT2D eigenvalue weighted by Crippen LogP contribution is -2.30. The van der Waals surface area contributed by atoms with Gasteiger partial charge in [-0.2, -0.15) is 0 Å². The zero-order valence-corrected chi connectivity index (χ0v) is 8.02. The summed E-state index contributed by atoms with van der Waals surface area (Å²) in [6, 6.07) is 0. The molecule has 1 saturated carbocycles. The molecule has 3 unspecified atom stereocenters. The van der Waals surface area contributed by atoms with Crippen LogP contribution in [0.4, 0.5) is 0 Å². The highest BCUT2D eigenvalue weighted by Gasteiger charge is 2.29. The Morgan fingerprint density at radius 3 is 2.60 bits per heavy atom. The molecule has 0 amide bonds. The quantitative estimate of drug-likeness (QED) is 0.555. The molecule has 0 aliphatic heterocycles. The second kappa shape index (κ2) is 3.04. The van der Waals surface area contributed by atoms with Gasteiger partial charge in [0.1, 0.15) is 5.78 Å². The van der Waals surface area contributed by atoms with Crippen molar-refractivity contribution in [1.82, 2.24) is 0 Å². The van der Waals surface area contributed by atoms with Gasteiger partial charge in [-0.05, 0) is 18.3 Å². The van der Waals surface area contributed by atoms with Crippen molar-refractivity contribution in [3.05, 3.63) is 0 Å². The fourth-order valence-electron chi connectivity index (χ4n) is 1.61. The van der Waals surface area contributed by atoms with Crippen LogP contribution in [-0.4, -0.2) is 10.6 Å². The first-order valence-corrected chi connectivity index (χ1v) is 4.69. The highest BCUT2D eigenvalue weighted by atomic mass is 79.9. The van der Waals surface area contributed by atoms with E-state index in [9.17, 15) is 4.79 Å². The first-order valence-electron chi connectivity index (χ1n) is 3.78. The van der Waals surface area contributed by atoms with Crippen molar-refractivity contribution in [2.24, 2.45) is 11.8 Å². The molecule has 0 aromatic carbocycles. The summed E-state index contributed by atoms with van der Waals surface area (Å²) < 4.78 is 0. The molecule has 0 N–H and O–H groups in total. The van der Waals surface area contributed by atoms with Gasteiger partial charge in [-0.25, -0.2) is 0 Å². The van der Waals surface area contributed by atoms with Crippen molar-refractivity contribution in [3.8, 4) is 0 Å². The molecule has 3 atom stereocenters. The Morgan fingerprint density at radius 1 is 1.50 bits per heavy atom. The molecule has 0 heterocycles. The predicted octanol–water partition coefficient (Wildman–Crippen LogP) is 2.39. The topological polar surface area (TPSA) is 17.1 Å². The number of ketones is 1. The number of hydrogen-bond acceptors (Lipinski definition) is 1. The normalized spacial score (nSPS) is 41.9. The predicted molar refractivity (Wildman–Crippen MR) is 45.3 cm³/mol. The van der Waals surface area contributed by atoms with Crippen LogP contribution >= 0.6 is 15.9 Å². The van der Waals surface area contributed by atoms with E-state index in [4.69, 9.17) is 0 Å². The molecule has 1 aliphatic carbocycles. The molecule has 0 radical (unpaired) electrons. The van der Waals surface area contributed by atoms with Crippen LogP contribution in [0.2, 0.25) is 0 Å². The Labute approximate surface area is 70.3 Å². The maximum atomic E-state index is 11.2. The summed E-state index contributed by atoms with van der Waals surface area (Å²) >= 11 is 3.40. The molecule has 10 heavy (non-hydrogen) atoms. The first kappa shape index (κ1) is 8.25. The van der Waals surface area contributed by atoms with E-state index in [1.165, 1.54) is 6.42 Å². The van der Waals surface area contributed by atoms with Gasteiger partial charge in [-0.15, -0.1) is 0 Å². The lowest BCUT2D eigenvalue weighted by Gasteiger charge is -2.27. The first-order chi connectivity index (χ1) is 4.61. The van der Waals surface area contributed by atoms with Crippen LogP contribution < -0.4 is 0 Å². The van der Waals surface area contributed by atoms with Crippen LogP contribution in [0.5, 0.6) is 0 Å². The van der Waals surface area contributed by atoms with E-state index < -0.39 is 0 Å². The summed E-state index contributed by atoms with van der Waals surface area (Å²) in [4.78, 5) is 11.3. The Kier molecular flexibility index (Phi) is 2.50. The van der Waals surface area contributed by atoms with Crippen LogP contribution in [0.25, 0.3) is 0 Å². The lowest BCUT2D eigenvalue weighted by molar-refractivity contribution is -0.121. The Bertz CT molecular complexity index is 144. The second-order valence-electron chi connectivity index (χ2n) is 3.39. The molecule has 2 heteroatoms. The fourth-order valence-corrected chi connectivity index (χ4v) is 2.01. The second-order valence-corrected chi connectivity index (χ2v) is 4.38. The summed E-state index contributed by atoms with van der Waals surface area (Å²) in [5.41, 5.74) is 0. The highest BCUT2D eigenvalue weighted by Crippen LogP contribution is 2.30. The van der Waals surface area contributed by atoms with Gasteiger partial charge >= 0.3 is 0 Å². The summed E-state index contributed by atoms with van der Waals surface area (Å²) in [5.74, 6) is 1.50. The zero-order chi connectivity index (χ0) is 7.72. The van der Waals surface area contributed by atoms with Crippen molar-refractivity contribution in [2.45, 2.75) is 31.5 Å². The molecular weight excluding hydrogens is 192 g/mol. The number of hydrogen-bond donors (Lipinski definition) is 0. The molecule has 0 bridgehead atoms. The maximum Gasteiger partial charge on any atom is 0.147 e. The Hall–Kier alpha value is 0.150. The molecule has 58 valence electrons. The van der Waals surface area contributed by atoms with Crippen LogP contribution in [0.3, 0.4) is 0 Å². The average molecular weight is 205 g/mol. The Balaban J connectivity index is 2.57.